The summed E-state index contributed by atoms with van der Waals surface area (Å²) in [6.45, 7) is 2.83. The number of benzene rings is 2. The summed E-state index contributed by atoms with van der Waals surface area (Å²) >= 11 is 5.99. The minimum atomic E-state index is -0.335. The number of carbonyl (C=O) groups excluding carboxylic acids is 2. The topological polar surface area (TPSA) is 58.6 Å². The third-order valence-corrected chi connectivity index (χ3v) is 5.03. The summed E-state index contributed by atoms with van der Waals surface area (Å²) in [4.78, 5) is 26.6. The molecule has 1 atom stereocenters. The van der Waals surface area contributed by atoms with Gasteiger partial charge in [0, 0.05) is 30.2 Å². The molecule has 1 aliphatic heterocycles. The van der Waals surface area contributed by atoms with Gasteiger partial charge in [-0.3, -0.25) is 9.59 Å². The average Bonchev–Trinajstić information content (AvgIpc) is 3.03. The zero-order chi connectivity index (χ0) is 19.4. The minimum absolute atomic E-state index is 0.0339. The van der Waals surface area contributed by atoms with Gasteiger partial charge in [0.05, 0.1) is 13.0 Å². The first kappa shape index (κ1) is 19.2. The van der Waals surface area contributed by atoms with Gasteiger partial charge in [-0.2, -0.15) is 0 Å². The molecule has 0 aliphatic carbocycles. The Balaban J connectivity index is 1.55. The fourth-order valence-corrected chi connectivity index (χ4v) is 3.57. The van der Waals surface area contributed by atoms with Crippen molar-refractivity contribution in [1.29, 1.82) is 0 Å². The van der Waals surface area contributed by atoms with Crippen LogP contribution in [0.3, 0.4) is 0 Å². The van der Waals surface area contributed by atoms with Crippen LogP contribution in [0.15, 0.2) is 42.5 Å². The number of hydrogen-bond donors (Lipinski definition) is 1. The highest BCUT2D eigenvalue weighted by atomic mass is 35.5. The molecule has 27 heavy (non-hydrogen) atoms. The number of nitrogens with one attached hydrogen (secondary N) is 1. The van der Waals surface area contributed by atoms with E-state index in [2.05, 4.69) is 5.32 Å². The number of carbonyl (C=O) groups is 2. The van der Waals surface area contributed by atoms with Crippen LogP contribution in [0.4, 0.5) is 5.69 Å². The second-order valence-electron chi connectivity index (χ2n) is 6.73. The third-order valence-electron chi connectivity index (χ3n) is 4.79. The molecule has 142 valence electrons. The molecule has 2 amide bonds. The van der Waals surface area contributed by atoms with Crippen molar-refractivity contribution in [2.75, 3.05) is 25.1 Å². The highest BCUT2D eigenvalue weighted by Gasteiger charge is 2.35. The van der Waals surface area contributed by atoms with E-state index in [1.807, 2.05) is 43.3 Å². The second kappa shape index (κ2) is 8.44. The van der Waals surface area contributed by atoms with Gasteiger partial charge in [0.1, 0.15) is 5.75 Å². The predicted octanol–water partition coefficient (Wildman–Crippen LogP) is 3.37. The molecule has 0 bridgehead atoms. The molecule has 2 aromatic carbocycles. The van der Waals surface area contributed by atoms with Crippen molar-refractivity contribution in [3.8, 4) is 5.75 Å². The Kier molecular flexibility index (Phi) is 6.01. The first-order chi connectivity index (χ1) is 13.0. The van der Waals surface area contributed by atoms with Gasteiger partial charge in [0.15, 0.2) is 0 Å². The van der Waals surface area contributed by atoms with E-state index in [4.69, 9.17) is 16.3 Å². The van der Waals surface area contributed by atoms with Gasteiger partial charge in [0.25, 0.3) is 0 Å². The minimum Gasteiger partial charge on any atom is -0.497 e. The third kappa shape index (κ3) is 4.61. The van der Waals surface area contributed by atoms with Crippen LogP contribution in [-0.2, 0) is 16.0 Å². The van der Waals surface area contributed by atoms with Crippen molar-refractivity contribution in [2.45, 2.75) is 19.8 Å². The van der Waals surface area contributed by atoms with Crippen LogP contribution in [0.2, 0.25) is 5.02 Å². The number of rotatable bonds is 6. The van der Waals surface area contributed by atoms with Crippen LogP contribution in [0.25, 0.3) is 0 Å². The van der Waals surface area contributed by atoms with Gasteiger partial charge in [-0.05, 0) is 54.8 Å². The maximum Gasteiger partial charge on any atom is 0.227 e. The summed E-state index contributed by atoms with van der Waals surface area (Å²) in [5.41, 5.74) is 2.83. The van der Waals surface area contributed by atoms with E-state index in [9.17, 15) is 9.59 Å². The Labute approximate surface area is 164 Å². The highest BCUT2D eigenvalue weighted by Crippen LogP contribution is 2.29. The number of aryl methyl sites for hydroxylation is 1. The number of amides is 2. The molecule has 0 aromatic heterocycles. The van der Waals surface area contributed by atoms with Gasteiger partial charge >= 0.3 is 0 Å². The molecule has 2 aromatic rings. The highest BCUT2D eigenvalue weighted by molar-refractivity contribution is 6.30. The summed E-state index contributed by atoms with van der Waals surface area (Å²) in [6.07, 6.45) is 0.941. The molecule has 1 heterocycles. The lowest BCUT2D eigenvalue weighted by Gasteiger charge is -2.19. The first-order valence-electron chi connectivity index (χ1n) is 8.95. The summed E-state index contributed by atoms with van der Waals surface area (Å²) in [7, 11) is 1.63. The summed E-state index contributed by atoms with van der Waals surface area (Å²) in [5.74, 6) is 0.348. The van der Waals surface area contributed by atoms with E-state index in [-0.39, 0.29) is 24.2 Å². The monoisotopic (exact) mass is 386 g/mol. The Morgan fingerprint density at radius 3 is 2.85 bits per heavy atom. The largest absolute Gasteiger partial charge is 0.497 e. The summed E-state index contributed by atoms with van der Waals surface area (Å²) < 4.78 is 5.21. The van der Waals surface area contributed by atoms with Crippen molar-refractivity contribution in [3.05, 3.63) is 58.6 Å². The Hall–Kier alpha value is -2.53. The maximum atomic E-state index is 12.5. The lowest BCUT2D eigenvalue weighted by atomic mass is 10.1. The van der Waals surface area contributed by atoms with Gasteiger partial charge in [-0.15, -0.1) is 0 Å². The molecule has 5 nitrogen and oxygen atoms in total. The van der Waals surface area contributed by atoms with Crippen molar-refractivity contribution in [1.82, 2.24) is 5.32 Å². The van der Waals surface area contributed by atoms with Gasteiger partial charge < -0.3 is 15.0 Å². The molecular formula is C21H23ClN2O3. The molecule has 6 heteroatoms. The van der Waals surface area contributed by atoms with Crippen LogP contribution in [0, 0.1) is 12.8 Å². The van der Waals surface area contributed by atoms with Crippen LogP contribution in [-0.4, -0.2) is 32.0 Å². The zero-order valence-electron chi connectivity index (χ0n) is 15.5. The first-order valence-corrected chi connectivity index (χ1v) is 9.33. The molecule has 3 rings (SSSR count). The number of halogens is 1. The number of anilines is 1. The maximum absolute atomic E-state index is 12.5. The molecular weight excluding hydrogens is 364 g/mol. The molecule has 0 spiro atoms. The van der Waals surface area contributed by atoms with E-state index < -0.39 is 0 Å². The molecule has 0 saturated carbocycles. The van der Waals surface area contributed by atoms with Gasteiger partial charge in [0.2, 0.25) is 11.8 Å². The average molecular weight is 387 g/mol. The van der Waals surface area contributed by atoms with Crippen LogP contribution in [0.5, 0.6) is 5.75 Å². The number of methoxy groups -OCH3 is 1. The number of ether oxygens (including phenoxy) is 1. The molecule has 1 saturated heterocycles. The summed E-state index contributed by atoms with van der Waals surface area (Å²) in [5, 5.41) is 3.58. The fraction of sp³-hybridized carbons (Fsp3) is 0.333. The van der Waals surface area contributed by atoms with E-state index >= 15 is 0 Å². The normalized spacial score (nSPS) is 16.5. The number of hydrogen-bond acceptors (Lipinski definition) is 3. The summed E-state index contributed by atoms with van der Waals surface area (Å²) in [6, 6.07) is 13.2. The van der Waals surface area contributed by atoms with Crippen LogP contribution < -0.4 is 15.0 Å². The Bertz CT molecular complexity index is 853. The smallest absolute Gasteiger partial charge is 0.227 e. The van der Waals surface area contributed by atoms with Gasteiger partial charge in [-0.1, -0.05) is 23.7 Å². The van der Waals surface area contributed by atoms with Crippen LogP contribution in [0.1, 0.15) is 17.5 Å². The van der Waals surface area contributed by atoms with Crippen molar-refractivity contribution >= 4 is 29.1 Å². The SMILES string of the molecule is COc1cccc(CCNC(=O)C2CC(=O)N(c3ccc(Cl)cc3C)C2)c1. The molecule has 0 radical (unpaired) electrons. The number of nitrogens with zero attached hydrogens (tertiary/aromatic N) is 1. The molecule has 1 aliphatic rings. The molecule has 1 N–H and O–H groups in total. The van der Waals surface area contributed by atoms with E-state index in [0.717, 1.165) is 22.6 Å². The molecule has 1 unspecified atom stereocenters. The fourth-order valence-electron chi connectivity index (χ4n) is 3.34. The van der Waals surface area contributed by atoms with Crippen molar-refractivity contribution in [2.24, 2.45) is 5.92 Å². The van der Waals surface area contributed by atoms with E-state index in [1.165, 1.54) is 0 Å². The van der Waals surface area contributed by atoms with E-state index in [0.29, 0.717) is 24.5 Å². The molecule has 1 fully saturated rings. The second-order valence-corrected chi connectivity index (χ2v) is 7.17. The zero-order valence-corrected chi connectivity index (χ0v) is 16.3. The Morgan fingerprint density at radius 1 is 1.30 bits per heavy atom. The Morgan fingerprint density at radius 2 is 2.11 bits per heavy atom. The van der Waals surface area contributed by atoms with E-state index in [1.54, 1.807) is 18.1 Å². The lowest BCUT2D eigenvalue weighted by Crippen LogP contribution is -2.34. The quantitative estimate of drug-likeness (QED) is 0.828. The lowest BCUT2D eigenvalue weighted by molar-refractivity contribution is -0.126. The van der Waals surface area contributed by atoms with Gasteiger partial charge in [-0.25, -0.2) is 0 Å². The standard InChI is InChI=1S/C21H23ClN2O3/c1-14-10-17(22)6-7-19(14)24-13-16(12-20(24)25)21(26)23-9-8-15-4-3-5-18(11-15)27-2/h3-7,10-11,16H,8-9,12-13H2,1-2H3,(H,23,26). The predicted molar refractivity (Wildman–Crippen MR) is 106 cm³/mol. The van der Waals surface area contributed by atoms with Crippen molar-refractivity contribution < 1.29 is 14.3 Å². The van der Waals surface area contributed by atoms with Crippen molar-refractivity contribution in [3.63, 3.8) is 0 Å². The van der Waals surface area contributed by atoms with Crippen LogP contribution >= 0.6 is 11.6 Å².